The second kappa shape index (κ2) is 5.28. The van der Waals surface area contributed by atoms with E-state index < -0.39 is 0 Å². The van der Waals surface area contributed by atoms with Crippen molar-refractivity contribution in [1.29, 1.82) is 0 Å². The molecule has 2 fully saturated rings. The van der Waals surface area contributed by atoms with Crippen LogP contribution in [0.5, 0.6) is 0 Å². The molecule has 0 aromatic heterocycles. The van der Waals surface area contributed by atoms with Gasteiger partial charge < -0.3 is 20.4 Å². The van der Waals surface area contributed by atoms with E-state index in [1.165, 1.54) is 0 Å². The van der Waals surface area contributed by atoms with E-state index in [2.05, 4.69) is 15.5 Å². The maximum absolute atomic E-state index is 13.7. The monoisotopic (exact) mass is 278 g/mol. The Hall–Kier alpha value is -1.82. The van der Waals surface area contributed by atoms with Crippen molar-refractivity contribution in [2.75, 3.05) is 38.1 Å². The number of fused-ring (bicyclic) bond motifs is 1. The maximum atomic E-state index is 13.7. The first-order valence-corrected chi connectivity index (χ1v) is 6.91. The largest absolute Gasteiger partial charge is 0.368 e. The van der Waals surface area contributed by atoms with Crippen LogP contribution in [0.2, 0.25) is 0 Å². The molecule has 2 aliphatic heterocycles. The van der Waals surface area contributed by atoms with Crippen LogP contribution in [0.1, 0.15) is 5.56 Å². The Morgan fingerprint density at radius 2 is 2.25 bits per heavy atom. The van der Waals surface area contributed by atoms with Gasteiger partial charge in [0.25, 0.3) is 0 Å². The average Bonchev–Trinajstić information content (AvgIpc) is 2.80. The van der Waals surface area contributed by atoms with Gasteiger partial charge in [-0.1, -0.05) is 0 Å². The minimum absolute atomic E-state index is 0.0183. The summed E-state index contributed by atoms with van der Waals surface area (Å²) in [4.78, 5) is 15.6. The van der Waals surface area contributed by atoms with Crippen molar-refractivity contribution in [2.45, 2.75) is 12.6 Å². The zero-order chi connectivity index (χ0) is 14.1. The Balaban J connectivity index is 1.78. The van der Waals surface area contributed by atoms with Crippen LogP contribution in [0.4, 0.5) is 14.9 Å². The fourth-order valence-corrected chi connectivity index (χ4v) is 2.96. The summed E-state index contributed by atoms with van der Waals surface area (Å²) in [5.41, 5.74) is 1.83. The molecule has 2 saturated heterocycles. The smallest absolute Gasteiger partial charge is 0.317 e. The molecule has 1 aromatic carbocycles. The van der Waals surface area contributed by atoms with Crippen LogP contribution < -0.4 is 15.5 Å². The van der Waals surface area contributed by atoms with Gasteiger partial charge in [-0.2, -0.15) is 0 Å². The van der Waals surface area contributed by atoms with Gasteiger partial charge in [-0.3, -0.25) is 0 Å². The van der Waals surface area contributed by atoms with Crippen LogP contribution in [-0.4, -0.2) is 50.2 Å². The lowest BCUT2D eigenvalue weighted by molar-refractivity contribution is 0.197. The summed E-state index contributed by atoms with van der Waals surface area (Å²) in [5, 5.41) is 5.89. The number of benzene rings is 1. The van der Waals surface area contributed by atoms with Crippen LogP contribution in [0, 0.1) is 5.82 Å². The SMILES string of the molecule is CNCc1cc(F)cc(N2CCN3C(=O)NCC3C2)c1. The fourth-order valence-electron chi connectivity index (χ4n) is 2.96. The molecule has 2 heterocycles. The zero-order valence-electron chi connectivity index (χ0n) is 11.5. The molecule has 0 bridgehead atoms. The van der Waals surface area contributed by atoms with Gasteiger partial charge in [0.2, 0.25) is 0 Å². The van der Waals surface area contributed by atoms with Crippen molar-refractivity contribution < 1.29 is 9.18 Å². The van der Waals surface area contributed by atoms with Crippen LogP contribution in [0.3, 0.4) is 0 Å². The van der Waals surface area contributed by atoms with E-state index in [1.54, 1.807) is 12.1 Å². The van der Waals surface area contributed by atoms with Gasteiger partial charge in [-0.05, 0) is 30.8 Å². The number of nitrogens with zero attached hydrogens (tertiary/aromatic N) is 2. The molecule has 1 aromatic rings. The van der Waals surface area contributed by atoms with Gasteiger partial charge in [0.15, 0.2) is 0 Å². The van der Waals surface area contributed by atoms with Crippen molar-refractivity contribution in [3.8, 4) is 0 Å². The molecule has 2 aliphatic rings. The van der Waals surface area contributed by atoms with Crippen molar-refractivity contribution in [1.82, 2.24) is 15.5 Å². The van der Waals surface area contributed by atoms with Gasteiger partial charge in [-0.15, -0.1) is 0 Å². The summed E-state index contributed by atoms with van der Waals surface area (Å²) in [6.45, 7) is 3.50. The Kier molecular flexibility index (Phi) is 3.48. The van der Waals surface area contributed by atoms with Crippen LogP contribution in [0.25, 0.3) is 0 Å². The number of hydrogen-bond donors (Lipinski definition) is 2. The Bertz CT molecular complexity index is 522. The highest BCUT2D eigenvalue weighted by Crippen LogP contribution is 2.23. The number of amides is 2. The first-order valence-electron chi connectivity index (χ1n) is 6.91. The number of rotatable bonds is 3. The first kappa shape index (κ1) is 13.2. The predicted octanol–water partition coefficient (Wildman–Crippen LogP) is 0.759. The molecule has 0 radical (unpaired) electrons. The van der Waals surface area contributed by atoms with Crippen molar-refractivity contribution in [3.63, 3.8) is 0 Å². The molecule has 108 valence electrons. The molecule has 2 N–H and O–H groups in total. The number of carbonyl (C=O) groups is 1. The molecule has 5 nitrogen and oxygen atoms in total. The van der Waals surface area contributed by atoms with E-state index in [4.69, 9.17) is 0 Å². The molecule has 3 rings (SSSR count). The average molecular weight is 278 g/mol. The summed E-state index contributed by atoms with van der Waals surface area (Å²) in [5.74, 6) is -0.212. The Labute approximate surface area is 117 Å². The number of anilines is 1. The number of hydrogen-bond acceptors (Lipinski definition) is 3. The summed E-state index contributed by atoms with van der Waals surface area (Å²) >= 11 is 0. The van der Waals surface area contributed by atoms with E-state index in [0.717, 1.165) is 24.3 Å². The predicted molar refractivity (Wildman–Crippen MR) is 75.3 cm³/mol. The number of halogens is 1. The van der Waals surface area contributed by atoms with Gasteiger partial charge >= 0.3 is 6.03 Å². The van der Waals surface area contributed by atoms with Crippen LogP contribution >= 0.6 is 0 Å². The lowest BCUT2D eigenvalue weighted by atomic mass is 10.1. The summed E-state index contributed by atoms with van der Waals surface area (Å²) in [6.07, 6.45) is 0. The van der Waals surface area contributed by atoms with Crippen molar-refractivity contribution >= 4 is 11.7 Å². The standard InChI is InChI=1S/C14H19FN4O/c1-16-7-10-4-11(15)6-12(5-10)18-2-3-19-13(9-18)8-17-14(19)20/h4-6,13,16H,2-3,7-9H2,1H3,(H,17,20). The quantitative estimate of drug-likeness (QED) is 0.858. The lowest BCUT2D eigenvalue weighted by Gasteiger charge is -2.38. The molecule has 1 atom stereocenters. The minimum atomic E-state index is -0.212. The normalized spacial score (nSPS) is 21.9. The molecule has 0 aliphatic carbocycles. The third-order valence-electron chi connectivity index (χ3n) is 3.92. The van der Waals surface area contributed by atoms with Gasteiger partial charge in [0.1, 0.15) is 5.82 Å². The summed E-state index contributed by atoms with van der Waals surface area (Å²) < 4.78 is 13.7. The van der Waals surface area contributed by atoms with E-state index in [1.807, 2.05) is 18.0 Å². The Morgan fingerprint density at radius 1 is 1.40 bits per heavy atom. The molecule has 6 heteroatoms. The van der Waals surface area contributed by atoms with Gasteiger partial charge in [0.05, 0.1) is 6.04 Å². The van der Waals surface area contributed by atoms with Crippen molar-refractivity contribution in [2.24, 2.45) is 0 Å². The number of urea groups is 1. The highest BCUT2D eigenvalue weighted by atomic mass is 19.1. The van der Waals surface area contributed by atoms with Gasteiger partial charge in [-0.25, -0.2) is 9.18 Å². The molecule has 20 heavy (non-hydrogen) atoms. The molecular formula is C14H19FN4O. The molecule has 2 amide bonds. The highest BCUT2D eigenvalue weighted by Gasteiger charge is 2.35. The lowest BCUT2D eigenvalue weighted by Crippen LogP contribution is -2.52. The third kappa shape index (κ3) is 2.43. The second-order valence-electron chi connectivity index (χ2n) is 5.33. The minimum Gasteiger partial charge on any atom is -0.368 e. The van der Waals surface area contributed by atoms with E-state index in [9.17, 15) is 9.18 Å². The van der Waals surface area contributed by atoms with Crippen LogP contribution in [0.15, 0.2) is 18.2 Å². The van der Waals surface area contributed by atoms with Gasteiger partial charge in [0, 0.05) is 38.4 Å². The van der Waals surface area contributed by atoms with E-state index >= 15 is 0 Å². The molecule has 0 saturated carbocycles. The molecule has 0 spiro atoms. The van der Waals surface area contributed by atoms with Crippen molar-refractivity contribution in [3.05, 3.63) is 29.6 Å². The van der Waals surface area contributed by atoms with Crippen LogP contribution in [-0.2, 0) is 6.54 Å². The summed E-state index contributed by atoms with van der Waals surface area (Å²) in [6, 6.07) is 5.34. The fraction of sp³-hybridized carbons (Fsp3) is 0.500. The zero-order valence-corrected chi connectivity index (χ0v) is 11.5. The molecular weight excluding hydrogens is 259 g/mol. The number of piperazine rings is 1. The Morgan fingerprint density at radius 3 is 3.05 bits per heavy atom. The highest BCUT2D eigenvalue weighted by molar-refractivity contribution is 5.77. The maximum Gasteiger partial charge on any atom is 0.317 e. The second-order valence-corrected chi connectivity index (χ2v) is 5.33. The number of carbonyl (C=O) groups excluding carboxylic acids is 1. The first-order chi connectivity index (χ1) is 9.67. The number of nitrogens with one attached hydrogen (secondary N) is 2. The third-order valence-corrected chi connectivity index (χ3v) is 3.92. The van der Waals surface area contributed by atoms with E-state index in [0.29, 0.717) is 19.6 Å². The van der Waals surface area contributed by atoms with E-state index in [-0.39, 0.29) is 17.9 Å². The topological polar surface area (TPSA) is 47.6 Å². The summed E-state index contributed by atoms with van der Waals surface area (Å²) in [7, 11) is 1.85. The molecule has 1 unspecified atom stereocenters.